The van der Waals surface area contributed by atoms with E-state index in [1.807, 2.05) is 49.4 Å². The molecule has 2 aromatic heterocycles. The molecule has 7 nitrogen and oxygen atoms in total. The van der Waals surface area contributed by atoms with Gasteiger partial charge in [0.05, 0.1) is 0 Å². The number of fused-ring (bicyclic) bond motifs is 1. The third kappa shape index (κ3) is 4.13. The number of nitrogens with zero attached hydrogens (tertiary/aromatic N) is 4. The quantitative estimate of drug-likeness (QED) is 0.517. The van der Waals surface area contributed by atoms with Gasteiger partial charge in [-0.15, -0.1) is 5.10 Å². The summed E-state index contributed by atoms with van der Waals surface area (Å²) in [6.45, 7) is 3.90. The van der Waals surface area contributed by atoms with Crippen LogP contribution in [0.25, 0.3) is 5.65 Å². The first-order chi connectivity index (χ1) is 14.5. The molecule has 4 rings (SSSR count). The van der Waals surface area contributed by atoms with E-state index in [0.717, 1.165) is 21.6 Å². The zero-order valence-corrected chi connectivity index (χ0v) is 17.5. The van der Waals surface area contributed by atoms with Gasteiger partial charge in [-0.3, -0.25) is 4.79 Å². The molecule has 2 heterocycles. The van der Waals surface area contributed by atoms with Crippen molar-refractivity contribution in [1.29, 1.82) is 0 Å². The molecular formula is C22H21N5O2S. The van der Waals surface area contributed by atoms with Crippen LogP contribution in [-0.4, -0.2) is 25.1 Å². The molecule has 4 aromatic rings. The lowest BCUT2D eigenvalue weighted by Crippen LogP contribution is -2.28. The maximum Gasteiger partial charge on any atom is 0.350 e. The van der Waals surface area contributed by atoms with Crippen molar-refractivity contribution in [2.24, 2.45) is 0 Å². The fourth-order valence-electron chi connectivity index (χ4n) is 3.07. The second kappa shape index (κ2) is 8.54. The average Bonchev–Trinajstić information content (AvgIpc) is 3.06. The van der Waals surface area contributed by atoms with Crippen molar-refractivity contribution in [3.05, 3.63) is 82.5 Å². The van der Waals surface area contributed by atoms with Crippen LogP contribution in [0.2, 0.25) is 0 Å². The summed E-state index contributed by atoms with van der Waals surface area (Å²) in [4.78, 5) is 30.6. The highest BCUT2D eigenvalue weighted by Gasteiger charge is 2.16. The minimum absolute atomic E-state index is 0.177. The van der Waals surface area contributed by atoms with Crippen LogP contribution in [0.5, 0.6) is 0 Å². The molecule has 1 amide bonds. The van der Waals surface area contributed by atoms with E-state index < -0.39 is 0 Å². The molecule has 0 unspecified atom stereocenters. The molecule has 0 saturated heterocycles. The van der Waals surface area contributed by atoms with Gasteiger partial charge >= 0.3 is 5.69 Å². The van der Waals surface area contributed by atoms with Crippen molar-refractivity contribution in [2.75, 3.05) is 5.32 Å². The molecule has 8 heteroatoms. The molecule has 0 radical (unpaired) electrons. The second-order valence-electron chi connectivity index (χ2n) is 6.84. The van der Waals surface area contributed by atoms with E-state index in [1.165, 1.54) is 21.7 Å². The molecule has 0 aliphatic carbocycles. The Kier molecular flexibility index (Phi) is 5.67. The summed E-state index contributed by atoms with van der Waals surface area (Å²) < 4.78 is 2.58. The summed E-state index contributed by atoms with van der Waals surface area (Å²) in [6, 6.07) is 15.5. The van der Waals surface area contributed by atoms with Gasteiger partial charge in [0.15, 0.2) is 5.65 Å². The normalized spacial score (nSPS) is 11.0. The van der Waals surface area contributed by atoms with Crippen LogP contribution >= 0.6 is 11.8 Å². The summed E-state index contributed by atoms with van der Waals surface area (Å²) >= 11 is 1.47. The monoisotopic (exact) mass is 419 g/mol. The lowest BCUT2D eigenvalue weighted by atomic mass is 10.2. The number of hydrogen-bond donors (Lipinski definition) is 1. The van der Waals surface area contributed by atoms with Gasteiger partial charge in [0.1, 0.15) is 11.6 Å². The van der Waals surface area contributed by atoms with E-state index in [9.17, 15) is 9.59 Å². The maximum absolute atomic E-state index is 12.7. The van der Waals surface area contributed by atoms with Crippen LogP contribution in [0.4, 0.5) is 5.69 Å². The average molecular weight is 420 g/mol. The molecule has 0 aliphatic heterocycles. The van der Waals surface area contributed by atoms with Crippen LogP contribution < -0.4 is 11.0 Å². The van der Waals surface area contributed by atoms with Crippen LogP contribution in [0, 0.1) is 6.92 Å². The predicted octanol–water partition coefficient (Wildman–Crippen LogP) is 3.55. The van der Waals surface area contributed by atoms with Crippen molar-refractivity contribution < 1.29 is 4.79 Å². The SMILES string of the molecule is CCc1ccccc1Sc1nccn2c(=O)n(CC(=O)Nc3ccc(C)cc3)nc12. The molecule has 1 N–H and O–H groups in total. The first-order valence-corrected chi connectivity index (χ1v) is 10.4. The lowest BCUT2D eigenvalue weighted by Gasteiger charge is -2.06. The van der Waals surface area contributed by atoms with E-state index in [2.05, 4.69) is 28.4 Å². The summed E-state index contributed by atoms with van der Waals surface area (Å²) in [6.07, 6.45) is 4.03. The van der Waals surface area contributed by atoms with Gasteiger partial charge in [-0.05, 0) is 37.1 Å². The second-order valence-corrected chi connectivity index (χ2v) is 7.87. The first kappa shape index (κ1) is 19.9. The summed E-state index contributed by atoms with van der Waals surface area (Å²) in [5, 5.41) is 7.79. The minimum atomic E-state index is -0.378. The van der Waals surface area contributed by atoms with Crippen molar-refractivity contribution in [2.45, 2.75) is 36.7 Å². The predicted molar refractivity (Wildman–Crippen MR) is 117 cm³/mol. The summed E-state index contributed by atoms with van der Waals surface area (Å²) in [5.41, 5.74) is 3.03. The molecule has 152 valence electrons. The Morgan fingerprint density at radius 2 is 1.90 bits per heavy atom. The molecular weight excluding hydrogens is 398 g/mol. The lowest BCUT2D eigenvalue weighted by molar-refractivity contribution is -0.117. The van der Waals surface area contributed by atoms with Crippen LogP contribution in [0.15, 0.2) is 75.6 Å². The van der Waals surface area contributed by atoms with Gasteiger partial charge in [0.25, 0.3) is 0 Å². The van der Waals surface area contributed by atoms with E-state index in [4.69, 9.17) is 0 Å². The molecule has 0 aliphatic rings. The Labute approximate surface area is 177 Å². The number of hydrogen-bond acceptors (Lipinski definition) is 5. The number of nitrogens with one attached hydrogen (secondary N) is 1. The molecule has 2 aromatic carbocycles. The van der Waals surface area contributed by atoms with Gasteiger partial charge < -0.3 is 5.32 Å². The molecule has 0 spiro atoms. The fraction of sp³-hybridized carbons (Fsp3) is 0.182. The van der Waals surface area contributed by atoms with Gasteiger partial charge in [-0.2, -0.15) is 0 Å². The van der Waals surface area contributed by atoms with Crippen LogP contribution in [0.3, 0.4) is 0 Å². The van der Waals surface area contributed by atoms with Crippen molar-refractivity contribution in [3.63, 3.8) is 0 Å². The topological polar surface area (TPSA) is 81.3 Å². The molecule has 0 saturated carbocycles. The summed E-state index contributed by atoms with van der Waals surface area (Å²) in [5.74, 6) is -0.317. The number of rotatable bonds is 6. The number of carbonyl (C=O) groups excluding carboxylic acids is 1. The van der Waals surface area contributed by atoms with Gasteiger partial charge in [0, 0.05) is 23.0 Å². The van der Waals surface area contributed by atoms with Crippen molar-refractivity contribution in [1.82, 2.24) is 19.2 Å². The Morgan fingerprint density at radius 3 is 2.67 bits per heavy atom. The number of aromatic nitrogens is 4. The Hall–Kier alpha value is -3.39. The van der Waals surface area contributed by atoms with Gasteiger partial charge in [-0.25, -0.2) is 18.9 Å². The Morgan fingerprint density at radius 1 is 1.13 bits per heavy atom. The largest absolute Gasteiger partial charge is 0.350 e. The minimum Gasteiger partial charge on any atom is -0.324 e. The Bertz CT molecular complexity index is 1260. The van der Waals surface area contributed by atoms with Crippen molar-refractivity contribution >= 4 is 29.0 Å². The van der Waals surface area contributed by atoms with Crippen LogP contribution in [-0.2, 0) is 17.8 Å². The third-order valence-corrected chi connectivity index (χ3v) is 5.76. The first-order valence-electron chi connectivity index (χ1n) is 9.61. The van der Waals surface area contributed by atoms with Crippen LogP contribution in [0.1, 0.15) is 18.1 Å². The highest BCUT2D eigenvalue weighted by molar-refractivity contribution is 7.99. The third-order valence-electron chi connectivity index (χ3n) is 4.66. The maximum atomic E-state index is 12.7. The number of carbonyl (C=O) groups is 1. The number of amides is 1. The highest BCUT2D eigenvalue weighted by atomic mass is 32.2. The van der Waals surface area contributed by atoms with Crippen molar-refractivity contribution in [3.8, 4) is 0 Å². The molecule has 0 fully saturated rings. The molecule has 30 heavy (non-hydrogen) atoms. The number of anilines is 1. The van der Waals surface area contributed by atoms with Gasteiger partial charge in [-0.1, -0.05) is 54.6 Å². The standard InChI is InChI=1S/C22H21N5O2S/c1-3-16-6-4-5-7-18(16)30-21-20-25-27(22(29)26(20)13-12-23-21)14-19(28)24-17-10-8-15(2)9-11-17/h4-13H,3,14H2,1-2H3,(H,24,28). The zero-order chi connectivity index (χ0) is 21.1. The van der Waals surface area contributed by atoms with E-state index >= 15 is 0 Å². The molecule has 0 atom stereocenters. The van der Waals surface area contributed by atoms with E-state index in [-0.39, 0.29) is 18.1 Å². The van der Waals surface area contributed by atoms with E-state index in [0.29, 0.717) is 16.4 Å². The van der Waals surface area contributed by atoms with E-state index in [1.54, 1.807) is 12.4 Å². The Balaban J connectivity index is 1.60. The van der Waals surface area contributed by atoms with Gasteiger partial charge in [0.2, 0.25) is 5.91 Å². The summed E-state index contributed by atoms with van der Waals surface area (Å²) in [7, 11) is 0. The zero-order valence-electron chi connectivity index (χ0n) is 16.7. The number of aryl methyl sites for hydroxylation is 2. The number of benzene rings is 2. The highest BCUT2D eigenvalue weighted by Crippen LogP contribution is 2.30. The molecule has 0 bridgehead atoms. The smallest absolute Gasteiger partial charge is 0.324 e. The fourth-order valence-corrected chi connectivity index (χ4v) is 4.12.